The lowest BCUT2D eigenvalue weighted by atomic mass is 9.33. The van der Waals surface area contributed by atoms with Crippen LogP contribution in [-0.4, -0.2) is 269 Å². The first kappa shape index (κ1) is 66.8. The van der Waals surface area contributed by atoms with E-state index in [4.69, 9.17) is 47.4 Å². The summed E-state index contributed by atoms with van der Waals surface area (Å²) in [6.45, 7) is 11.8. The Bertz CT molecular complexity index is 2420. The number of carbonyl (C=O) groups is 2. The molecule has 5 aliphatic heterocycles. The van der Waals surface area contributed by atoms with E-state index in [-0.39, 0.29) is 35.2 Å². The first-order valence-corrected chi connectivity index (χ1v) is 30.6. The van der Waals surface area contributed by atoms with Crippen LogP contribution in [0.2, 0.25) is 0 Å². The lowest BCUT2D eigenvalue weighted by Crippen LogP contribution is -2.67. The highest BCUT2D eigenvalue weighted by atomic mass is 16.8. The van der Waals surface area contributed by atoms with Gasteiger partial charge in [-0.15, -0.1) is 0 Å². The number of aliphatic hydroxyl groups excluding tert-OH is 15. The molecule has 492 valence electrons. The van der Waals surface area contributed by atoms with Crippen LogP contribution in [0.3, 0.4) is 0 Å². The number of ether oxygens (including phenoxy) is 10. The maximum absolute atomic E-state index is 15.2. The van der Waals surface area contributed by atoms with Gasteiger partial charge < -0.3 is 129 Å². The number of hydrogen-bond acceptors (Lipinski definition) is 27. The van der Waals surface area contributed by atoms with Crippen LogP contribution in [0, 0.1) is 50.2 Å². The van der Waals surface area contributed by atoms with Gasteiger partial charge in [-0.05, 0) is 111 Å². The second-order valence-corrected chi connectivity index (χ2v) is 28.3. The molecule has 33 atom stereocenters. The molecule has 27 heteroatoms. The molecule has 0 spiro atoms. The van der Waals surface area contributed by atoms with Gasteiger partial charge in [-0.25, -0.2) is 0 Å². The Kier molecular flexibility index (Phi) is 19.2. The zero-order valence-corrected chi connectivity index (χ0v) is 49.8. The van der Waals surface area contributed by atoms with E-state index < -0.39 is 201 Å². The fourth-order valence-electron chi connectivity index (χ4n) is 17.5. The molecule has 0 unspecified atom stereocenters. The van der Waals surface area contributed by atoms with Crippen molar-refractivity contribution in [3.63, 3.8) is 0 Å². The van der Waals surface area contributed by atoms with Gasteiger partial charge in [-0.1, -0.05) is 53.2 Å². The number of allylic oxidation sites excluding steroid dienone is 2. The maximum Gasteiger partial charge on any atom is 0.315 e. The van der Waals surface area contributed by atoms with E-state index in [0.717, 1.165) is 11.9 Å². The van der Waals surface area contributed by atoms with Crippen molar-refractivity contribution in [2.45, 2.75) is 266 Å². The minimum atomic E-state index is -1.91. The Morgan fingerprint density at radius 1 is 0.558 bits per heavy atom. The van der Waals surface area contributed by atoms with Crippen molar-refractivity contribution in [1.29, 1.82) is 0 Å². The van der Waals surface area contributed by atoms with E-state index in [9.17, 15) is 81.4 Å². The van der Waals surface area contributed by atoms with Crippen molar-refractivity contribution in [2.75, 3.05) is 26.4 Å². The van der Waals surface area contributed by atoms with Crippen molar-refractivity contribution in [3.8, 4) is 0 Å². The van der Waals surface area contributed by atoms with E-state index in [0.29, 0.717) is 64.2 Å². The molecule has 10 aliphatic rings. The summed E-state index contributed by atoms with van der Waals surface area (Å²) in [5, 5.41) is 161. The van der Waals surface area contributed by atoms with Gasteiger partial charge in [0.25, 0.3) is 0 Å². The average molecular weight is 1240 g/mol. The van der Waals surface area contributed by atoms with Crippen molar-refractivity contribution in [3.05, 3.63) is 11.6 Å². The van der Waals surface area contributed by atoms with Crippen molar-refractivity contribution in [1.82, 2.24) is 0 Å². The Balaban J connectivity index is 0.863. The molecule has 9 fully saturated rings. The van der Waals surface area contributed by atoms with E-state index in [1.54, 1.807) is 0 Å². The van der Waals surface area contributed by atoms with Crippen LogP contribution in [0.5, 0.6) is 0 Å². The summed E-state index contributed by atoms with van der Waals surface area (Å²) in [5.74, 6) is -1.16. The highest BCUT2D eigenvalue weighted by Gasteiger charge is 2.71. The molecule has 27 nitrogen and oxygen atoms in total. The largest absolute Gasteiger partial charge is 0.432 e. The van der Waals surface area contributed by atoms with Crippen molar-refractivity contribution in [2.24, 2.45) is 50.2 Å². The van der Waals surface area contributed by atoms with E-state index in [2.05, 4.69) is 40.7 Å². The summed E-state index contributed by atoms with van der Waals surface area (Å²) >= 11 is 0. The molecular weight excluding hydrogens is 1140 g/mol. The SMILES string of the molecule is C[C@@H]1O[C@@H](O[C@H]2[C@H](O[C@H]3CC[C@]4(C)[C@H]5CC=C6[C@@H]7CC(C)(C)CC[C@]7(C(=O)O[C@@H]7O[C@H](CO)[C@@H](O)[C@H](O[C@@H]8O[C@H](CO)[C@@H](O)[C@H](O)[C@H]8O)[C@H]7O)CC[C@@]6(C)[C@]5(C)CC[C@H]4[C@]3(C)C=O)OC[C@H](O)[C@@H]2O)[C@H](O)[C@H](O[C@@H]2O[C@H](CO)[C@@H](O)[C@H](O)[C@H]2O)[C@H]1O. The number of carbonyl (C=O) groups excluding carboxylic acids is 2. The van der Waals surface area contributed by atoms with Crippen LogP contribution < -0.4 is 0 Å². The number of fused-ring (bicyclic) bond motifs is 7. The highest BCUT2D eigenvalue weighted by molar-refractivity contribution is 5.79. The lowest BCUT2D eigenvalue weighted by Gasteiger charge is -2.71. The van der Waals surface area contributed by atoms with Crippen molar-refractivity contribution >= 4 is 12.3 Å². The second kappa shape index (κ2) is 24.8. The standard InChI is InChI=1S/C59H94O27/c1-24-34(65)45(83-48-41(72)39(70)36(67)28(19-60)79-48)43(74)50(78-24)85-47-35(66)27(64)22-77-52(47)82-33-11-12-55(4)31(56(33,5)23-63)10-13-58(7)32(55)9-8-25-26-18-54(2,3)14-16-59(26,17-15-57(25,58)6)53(76)86-51-44(75)46(38(69)30(21-62)81-51)84-49-42(73)40(71)37(68)29(20-61)80-49/h8,23-24,26-52,60-62,64-75H,9-22H2,1-7H3/t24-,26-,27-,28+,29+,30+,31+,32+,33-,34-,35-,36+,37+,38+,39-,40-,41+,42+,43+,44+,45+,46-,47+,48-,49-,50-,51-,52-,55-,56-,57+,58+,59-/m0/s1. The summed E-state index contributed by atoms with van der Waals surface area (Å²) in [4.78, 5) is 29.2. The van der Waals surface area contributed by atoms with Gasteiger partial charge in [-0.3, -0.25) is 4.79 Å². The normalized spacial score (nSPS) is 54.7. The number of aliphatic hydroxyl groups is 15. The molecule has 0 aromatic carbocycles. The molecule has 15 N–H and O–H groups in total. The predicted octanol–water partition coefficient (Wildman–Crippen LogP) is -3.37. The second-order valence-electron chi connectivity index (χ2n) is 28.3. The topological polar surface area (TPSA) is 430 Å². The molecule has 0 aromatic rings. The third kappa shape index (κ3) is 11.0. The summed E-state index contributed by atoms with van der Waals surface area (Å²) in [5.41, 5.74) is -2.55. The van der Waals surface area contributed by atoms with Crippen molar-refractivity contribution < 1.29 is 134 Å². The van der Waals surface area contributed by atoms with Gasteiger partial charge in [0.15, 0.2) is 25.2 Å². The number of esters is 1. The predicted molar refractivity (Wildman–Crippen MR) is 288 cm³/mol. The summed E-state index contributed by atoms with van der Waals surface area (Å²) in [6, 6.07) is 0. The smallest absolute Gasteiger partial charge is 0.315 e. The highest BCUT2D eigenvalue weighted by Crippen LogP contribution is 2.76. The first-order chi connectivity index (χ1) is 40.4. The Labute approximate surface area is 499 Å². The van der Waals surface area contributed by atoms with Gasteiger partial charge in [0, 0.05) is 0 Å². The van der Waals surface area contributed by atoms with Crippen LogP contribution >= 0.6 is 0 Å². The zero-order chi connectivity index (χ0) is 62.7. The molecule has 86 heavy (non-hydrogen) atoms. The summed E-state index contributed by atoms with van der Waals surface area (Å²) in [6.07, 6.45) is -31.8. The van der Waals surface area contributed by atoms with Crippen LogP contribution in [0.15, 0.2) is 11.6 Å². The van der Waals surface area contributed by atoms with Gasteiger partial charge in [0.05, 0.1) is 49.5 Å². The van der Waals surface area contributed by atoms with Gasteiger partial charge in [-0.2, -0.15) is 0 Å². The minimum absolute atomic E-state index is 0.0337. The number of aldehydes is 1. The van der Waals surface area contributed by atoms with Crippen LogP contribution in [0.1, 0.15) is 113 Å². The molecule has 0 radical (unpaired) electrons. The zero-order valence-electron chi connectivity index (χ0n) is 49.8. The lowest BCUT2D eigenvalue weighted by molar-refractivity contribution is -0.382. The first-order valence-electron chi connectivity index (χ1n) is 30.6. The molecule has 0 amide bonds. The Morgan fingerprint density at radius 3 is 1.69 bits per heavy atom. The summed E-state index contributed by atoms with van der Waals surface area (Å²) in [7, 11) is 0. The Morgan fingerprint density at radius 2 is 1.09 bits per heavy atom. The molecule has 5 heterocycles. The molecule has 4 saturated carbocycles. The monoisotopic (exact) mass is 1230 g/mol. The summed E-state index contributed by atoms with van der Waals surface area (Å²) < 4.78 is 59.6. The number of rotatable bonds is 14. The van der Waals surface area contributed by atoms with Crippen LogP contribution in [0.4, 0.5) is 0 Å². The maximum atomic E-state index is 15.2. The number of hydrogen-bond donors (Lipinski definition) is 15. The third-order valence-electron chi connectivity index (χ3n) is 23.1. The minimum Gasteiger partial charge on any atom is -0.432 e. The average Bonchev–Trinajstić information content (AvgIpc) is 0.721. The quantitative estimate of drug-likeness (QED) is 0.0349. The van der Waals surface area contributed by atoms with E-state index >= 15 is 4.79 Å². The fraction of sp³-hybridized carbons (Fsp3) is 0.932. The van der Waals surface area contributed by atoms with Gasteiger partial charge in [0.2, 0.25) is 6.29 Å². The molecule has 0 aromatic heterocycles. The molecule has 5 saturated heterocycles. The molecular formula is C59H94O27. The van der Waals surface area contributed by atoms with Crippen LogP contribution in [0.25, 0.3) is 0 Å². The molecule has 0 bridgehead atoms. The Hall–Kier alpha value is -2.08. The fourth-order valence-corrected chi connectivity index (χ4v) is 17.5. The van der Waals surface area contributed by atoms with E-state index in [1.807, 2.05) is 6.92 Å². The van der Waals surface area contributed by atoms with Gasteiger partial charge in [0.1, 0.15) is 116 Å². The molecule has 10 rings (SSSR count). The van der Waals surface area contributed by atoms with Gasteiger partial charge >= 0.3 is 5.97 Å². The third-order valence-corrected chi connectivity index (χ3v) is 23.1. The van der Waals surface area contributed by atoms with E-state index in [1.165, 1.54) is 6.92 Å². The van der Waals surface area contributed by atoms with Crippen LogP contribution in [-0.2, 0) is 57.0 Å². The molecule has 5 aliphatic carbocycles.